The number of hydrogen-bond acceptors (Lipinski definition) is 2. The number of nitrogens with zero attached hydrogens (tertiary/aromatic N) is 3. The Morgan fingerprint density at radius 1 is 1.33 bits per heavy atom. The maximum Gasteiger partial charge on any atom is 0.103 e. The molecule has 18 heavy (non-hydrogen) atoms. The summed E-state index contributed by atoms with van der Waals surface area (Å²) in [4.78, 5) is 0. The number of halogens is 1. The molecule has 0 unspecified atom stereocenters. The Morgan fingerprint density at radius 2 is 2.00 bits per heavy atom. The molecule has 0 aliphatic heterocycles. The lowest BCUT2D eigenvalue weighted by molar-refractivity contribution is 0.826. The van der Waals surface area contributed by atoms with Crippen LogP contribution in [-0.4, -0.2) is 9.78 Å². The van der Waals surface area contributed by atoms with Gasteiger partial charge in [-0.05, 0) is 31.0 Å². The molecule has 3 nitrogen and oxygen atoms in total. The molecular weight excluding hydrogens is 246 g/mol. The molecule has 1 aromatic heterocycles. The fourth-order valence-corrected chi connectivity index (χ4v) is 2.18. The quantitative estimate of drug-likeness (QED) is 0.793. The van der Waals surface area contributed by atoms with Crippen LogP contribution >= 0.6 is 11.6 Å². The van der Waals surface area contributed by atoms with E-state index in [2.05, 4.69) is 30.2 Å². The van der Waals surface area contributed by atoms with Gasteiger partial charge in [0.25, 0.3) is 0 Å². The summed E-state index contributed by atoms with van der Waals surface area (Å²) >= 11 is 5.93. The molecular formula is C14H14ClN3. The molecule has 1 aromatic carbocycles. The maximum absolute atomic E-state index is 9.11. The van der Waals surface area contributed by atoms with Crippen molar-refractivity contribution in [3.63, 3.8) is 0 Å². The van der Waals surface area contributed by atoms with Crippen LogP contribution in [0.2, 0.25) is 0 Å². The van der Waals surface area contributed by atoms with Crippen molar-refractivity contribution >= 4 is 11.6 Å². The van der Waals surface area contributed by atoms with Gasteiger partial charge in [0.2, 0.25) is 0 Å². The standard InChI is InChI=1S/C14H14ClN3/c1-3-11-4-6-12(7-5-11)18-14(8-15)13(9-16)10(2)17-18/h4-7H,3,8H2,1-2H3. The second-order valence-electron chi connectivity index (χ2n) is 4.08. The number of nitriles is 1. The van der Waals surface area contributed by atoms with Gasteiger partial charge in [-0.1, -0.05) is 19.1 Å². The van der Waals surface area contributed by atoms with Crippen molar-refractivity contribution in [1.82, 2.24) is 9.78 Å². The molecule has 0 saturated heterocycles. The predicted molar refractivity (Wildman–Crippen MR) is 72.0 cm³/mol. The summed E-state index contributed by atoms with van der Waals surface area (Å²) < 4.78 is 1.75. The molecule has 92 valence electrons. The minimum absolute atomic E-state index is 0.277. The average molecular weight is 260 g/mol. The smallest absolute Gasteiger partial charge is 0.103 e. The van der Waals surface area contributed by atoms with Crippen molar-refractivity contribution in [2.24, 2.45) is 0 Å². The summed E-state index contributed by atoms with van der Waals surface area (Å²) in [5.41, 5.74) is 4.25. The first-order chi connectivity index (χ1) is 8.71. The number of benzene rings is 1. The molecule has 0 saturated carbocycles. The van der Waals surface area contributed by atoms with Crippen LogP contribution in [0.3, 0.4) is 0 Å². The van der Waals surface area contributed by atoms with Crippen LogP contribution in [0.1, 0.15) is 29.4 Å². The largest absolute Gasteiger partial charge is 0.235 e. The van der Waals surface area contributed by atoms with Crippen molar-refractivity contribution in [3.05, 3.63) is 46.8 Å². The normalized spacial score (nSPS) is 10.3. The van der Waals surface area contributed by atoms with Gasteiger partial charge in [-0.25, -0.2) is 4.68 Å². The molecule has 0 bridgehead atoms. The SMILES string of the molecule is CCc1ccc(-n2nc(C)c(C#N)c2CCl)cc1. The first kappa shape index (κ1) is 12.7. The van der Waals surface area contributed by atoms with Crippen LogP contribution in [0.25, 0.3) is 5.69 Å². The van der Waals surface area contributed by atoms with Gasteiger partial charge in [0.05, 0.1) is 28.5 Å². The van der Waals surface area contributed by atoms with Crippen LogP contribution in [-0.2, 0) is 12.3 Å². The number of hydrogen-bond donors (Lipinski definition) is 0. The Labute approximate surface area is 112 Å². The highest BCUT2D eigenvalue weighted by molar-refractivity contribution is 6.17. The molecule has 0 aliphatic carbocycles. The van der Waals surface area contributed by atoms with Gasteiger partial charge in [-0.2, -0.15) is 10.4 Å². The van der Waals surface area contributed by atoms with Crippen molar-refractivity contribution in [2.45, 2.75) is 26.1 Å². The van der Waals surface area contributed by atoms with Crippen LogP contribution in [0.15, 0.2) is 24.3 Å². The topological polar surface area (TPSA) is 41.6 Å². The van der Waals surface area contributed by atoms with E-state index >= 15 is 0 Å². The third-order valence-corrected chi connectivity index (χ3v) is 3.24. The van der Waals surface area contributed by atoms with Gasteiger partial charge in [-0.3, -0.25) is 0 Å². The molecule has 0 radical (unpaired) electrons. The number of rotatable bonds is 3. The fraction of sp³-hybridized carbons (Fsp3) is 0.286. The zero-order valence-corrected chi connectivity index (χ0v) is 11.2. The van der Waals surface area contributed by atoms with Crippen molar-refractivity contribution < 1.29 is 0 Å². The number of aryl methyl sites for hydroxylation is 2. The molecule has 2 aromatic rings. The van der Waals surface area contributed by atoms with Crippen LogP contribution in [0.4, 0.5) is 0 Å². The van der Waals surface area contributed by atoms with Crippen LogP contribution < -0.4 is 0 Å². The summed E-state index contributed by atoms with van der Waals surface area (Å²) in [6, 6.07) is 10.3. The monoisotopic (exact) mass is 259 g/mol. The zero-order chi connectivity index (χ0) is 13.1. The highest BCUT2D eigenvalue weighted by Crippen LogP contribution is 2.20. The minimum Gasteiger partial charge on any atom is -0.235 e. The molecule has 0 atom stereocenters. The Bertz CT molecular complexity index is 591. The average Bonchev–Trinajstić information content (AvgIpc) is 2.74. The summed E-state index contributed by atoms with van der Waals surface area (Å²) in [5, 5.41) is 13.5. The van der Waals surface area contributed by atoms with Gasteiger partial charge >= 0.3 is 0 Å². The summed E-state index contributed by atoms with van der Waals surface area (Å²) in [6.07, 6.45) is 1.00. The number of alkyl halides is 1. The van der Waals surface area contributed by atoms with E-state index in [0.29, 0.717) is 11.3 Å². The first-order valence-electron chi connectivity index (χ1n) is 5.85. The van der Waals surface area contributed by atoms with Gasteiger partial charge < -0.3 is 0 Å². The maximum atomic E-state index is 9.11. The summed E-state index contributed by atoms with van der Waals surface area (Å²) in [6.45, 7) is 3.94. The third-order valence-electron chi connectivity index (χ3n) is 2.98. The van der Waals surface area contributed by atoms with Gasteiger partial charge in [0.1, 0.15) is 6.07 Å². The van der Waals surface area contributed by atoms with E-state index in [9.17, 15) is 0 Å². The van der Waals surface area contributed by atoms with Crippen molar-refractivity contribution in [3.8, 4) is 11.8 Å². The van der Waals surface area contributed by atoms with E-state index in [4.69, 9.17) is 16.9 Å². The Hall–Kier alpha value is -1.79. The lowest BCUT2D eigenvalue weighted by atomic mass is 10.1. The lowest BCUT2D eigenvalue weighted by Gasteiger charge is -2.06. The second-order valence-corrected chi connectivity index (χ2v) is 4.35. The number of aromatic nitrogens is 2. The van der Waals surface area contributed by atoms with Gasteiger partial charge in [-0.15, -0.1) is 11.6 Å². The summed E-state index contributed by atoms with van der Waals surface area (Å²) in [5.74, 6) is 0.277. The Kier molecular flexibility index (Phi) is 3.69. The van der Waals surface area contributed by atoms with E-state index in [1.54, 1.807) is 4.68 Å². The highest BCUT2D eigenvalue weighted by atomic mass is 35.5. The zero-order valence-electron chi connectivity index (χ0n) is 10.4. The Balaban J connectivity index is 2.53. The first-order valence-corrected chi connectivity index (χ1v) is 6.38. The van der Waals surface area contributed by atoms with Crippen LogP contribution in [0.5, 0.6) is 0 Å². The highest BCUT2D eigenvalue weighted by Gasteiger charge is 2.14. The van der Waals surface area contributed by atoms with Crippen molar-refractivity contribution in [2.75, 3.05) is 0 Å². The van der Waals surface area contributed by atoms with E-state index in [1.165, 1.54) is 5.56 Å². The molecule has 0 fully saturated rings. The van der Waals surface area contributed by atoms with Crippen LogP contribution in [0, 0.1) is 18.3 Å². The third kappa shape index (κ3) is 2.12. The minimum atomic E-state index is 0.277. The van der Waals surface area contributed by atoms with E-state index in [0.717, 1.165) is 17.8 Å². The molecule has 0 aliphatic rings. The predicted octanol–water partition coefficient (Wildman–Crippen LogP) is 3.35. The van der Waals surface area contributed by atoms with Gasteiger partial charge in [0.15, 0.2) is 0 Å². The van der Waals surface area contributed by atoms with Crippen molar-refractivity contribution in [1.29, 1.82) is 5.26 Å². The van der Waals surface area contributed by atoms with E-state index in [1.807, 2.05) is 19.1 Å². The van der Waals surface area contributed by atoms with Gasteiger partial charge in [0, 0.05) is 0 Å². The molecule has 4 heteroatoms. The fourth-order valence-electron chi connectivity index (χ4n) is 1.93. The Morgan fingerprint density at radius 3 is 2.50 bits per heavy atom. The van der Waals surface area contributed by atoms with E-state index in [-0.39, 0.29) is 5.88 Å². The summed E-state index contributed by atoms with van der Waals surface area (Å²) in [7, 11) is 0. The second kappa shape index (κ2) is 5.24. The lowest BCUT2D eigenvalue weighted by Crippen LogP contribution is -2.01. The molecule has 1 heterocycles. The molecule has 0 N–H and O–H groups in total. The molecule has 0 amide bonds. The van der Waals surface area contributed by atoms with E-state index < -0.39 is 0 Å². The molecule has 0 spiro atoms. The molecule has 2 rings (SSSR count).